The zero-order chi connectivity index (χ0) is 20.1. The molecule has 0 aromatic carbocycles. The van der Waals surface area contributed by atoms with Crippen molar-refractivity contribution < 1.29 is 4.52 Å². The summed E-state index contributed by atoms with van der Waals surface area (Å²) in [7, 11) is 1.83. The van der Waals surface area contributed by atoms with Gasteiger partial charge in [-0.25, -0.2) is 9.97 Å². The number of imidazole rings is 1. The van der Waals surface area contributed by atoms with Crippen molar-refractivity contribution in [3.63, 3.8) is 0 Å². The molecular weight excluding hydrogens is 495 g/mol. The maximum atomic E-state index is 4.92. The van der Waals surface area contributed by atoms with E-state index in [-0.39, 0.29) is 24.0 Å². The number of nitrogens with one attached hydrogen (secondary N) is 1. The monoisotopic (exact) mass is 522 g/mol. The van der Waals surface area contributed by atoms with E-state index in [1.165, 1.54) is 0 Å². The molecule has 1 aliphatic rings. The number of nitrogens with zero attached hydrogens (tertiary/aromatic N) is 7. The van der Waals surface area contributed by atoms with Gasteiger partial charge in [0.15, 0.2) is 5.96 Å². The molecule has 0 saturated carbocycles. The Morgan fingerprint density at radius 2 is 2.00 bits per heavy atom. The van der Waals surface area contributed by atoms with Crippen LogP contribution < -0.4 is 5.32 Å². The fourth-order valence-electron chi connectivity index (χ4n) is 3.56. The van der Waals surface area contributed by atoms with E-state index in [1.54, 1.807) is 18.7 Å². The van der Waals surface area contributed by atoms with Gasteiger partial charge in [-0.1, -0.05) is 11.2 Å². The molecule has 1 aliphatic heterocycles. The fraction of sp³-hybridized carbons (Fsp3) is 0.400. The summed E-state index contributed by atoms with van der Waals surface area (Å²) >= 11 is 0. The Labute approximate surface area is 193 Å². The average Bonchev–Trinajstić information content (AvgIpc) is 3.41. The van der Waals surface area contributed by atoms with Crippen LogP contribution >= 0.6 is 24.0 Å². The maximum absolute atomic E-state index is 4.92. The first-order chi connectivity index (χ1) is 14.2. The number of hydrogen-bond donors (Lipinski definition) is 1. The van der Waals surface area contributed by atoms with Crippen molar-refractivity contribution in [3.8, 4) is 5.82 Å². The number of piperazine rings is 1. The molecule has 30 heavy (non-hydrogen) atoms. The normalized spacial score (nSPS) is 15.1. The Bertz CT molecular complexity index is 947. The first-order valence-electron chi connectivity index (χ1n) is 9.76. The summed E-state index contributed by atoms with van der Waals surface area (Å²) in [6, 6.07) is 5.95. The summed E-state index contributed by atoms with van der Waals surface area (Å²) in [6.07, 6.45) is 7.15. The lowest BCUT2D eigenvalue weighted by atomic mass is 10.2. The third-order valence-electron chi connectivity index (χ3n) is 5.12. The Morgan fingerprint density at radius 3 is 2.67 bits per heavy atom. The van der Waals surface area contributed by atoms with E-state index >= 15 is 0 Å². The average molecular weight is 522 g/mol. The SMILES string of the molecule is CN=C(NCc1cccnc1-n1ccnc1C)N1CCN(Cc2ccon2)CC1.I. The van der Waals surface area contributed by atoms with Crippen LogP contribution in [0.2, 0.25) is 0 Å². The lowest BCUT2D eigenvalue weighted by Gasteiger charge is -2.36. The summed E-state index contributed by atoms with van der Waals surface area (Å²) < 4.78 is 6.93. The highest BCUT2D eigenvalue weighted by molar-refractivity contribution is 14.0. The van der Waals surface area contributed by atoms with Crippen molar-refractivity contribution in [3.05, 3.63) is 60.1 Å². The first-order valence-corrected chi connectivity index (χ1v) is 9.76. The minimum atomic E-state index is 0. The predicted molar refractivity (Wildman–Crippen MR) is 125 cm³/mol. The fourth-order valence-corrected chi connectivity index (χ4v) is 3.56. The second-order valence-corrected chi connectivity index (χ2v) is 6.99. The van der Waals surface area contributed by atoms with Gasteiger partial charge in [0, 0.05) is 76.5 Å². The molecule has 1 fully saturated rings. The van der Waals surface area contributed by atoms with E-state index in [4.69, 9.17) is 4.52 Å². The van der Waals surface area contributed by atoms with Crippen molar-refractivity contribution in [2.24, 2.45) is 4.99 Å². The second-order valence-electron chi connectivity index (χ2n) is 6.99. The molecule has 4 rings (SSSR count). The van der Waals surface area contributed by atoms with Gasteiger partial charge in [-0.2, -0.15) is 0 Å². The van der Waals surface area contributed by atoms with Crippen LogP contribution in [-0.2, 0) is 13.1 Å². The van der Waals surface area contributed by atoms with Crippen LogP contribution in [0.3, 0.4) is 0 Å². The summed E-state index contributed by atoms with van der Waals surface area (Å²) in [5.74, 6) is 2.71. The molecular formula is C20H27IN8O. The topological polar surface area (TPSA) is 87.6 Å². The van der Waals surface area contributed by atoms with Crippen molar-refractivity contribution in [2.45, 2.75) is 20.0 Å². The molecule has 3 aromatic heterocycles. The van der Waals surface area contributed by atoms with Crippen LogP contribution in [-0.4, -0.2) is 68.7 Å². The van der Waals surface area contributed by atoms with Gasteiger partial charge in [-0.05, 0) is 13.0 Å². The molecule has 0 radical (unpaired) electrons. The summed E-state index contributed by atoms with van der Waals surface area (Å²) in [4.78, 5) is 18.0. The first kappa shape index (κ1) is 22.2. The van der Waals surface area contributed by atoms with Crippen LogP contribution in [0.25, 0.3) is 5.82 Å². The van der Waals surface area contributed by atoms with Gasteiger partial charge in [0.2, 0.25) is 0 Å². The van der Waals surface area contributed by atoms with Crippen LogP contribution in [0, 0.1) is 6.92 Å². The van der Waals surface area contributed by atoms with Crippen molar-refractivity contribution in [1.29, 1.82) is 0 Å². The number of aromatic nitrogens is 4. The summed E-state index contributed by atoms with van der Waals surface area (Å²) in [6.45, 7) is 7.19. The van der Waals surface area contributed by atoms with Crippen molar-refractivity contribution >= 4 is 29.9 Å². The Hall–Kier alpha value is -2.47. The van der Waals surface area contributed by atoms with E-state index in [0.717, 1.165) is 61.6 Å². The standard InChI is InChI=1S/C20H26N8O.HI/c1-16-22-7-8-28(16)19-17(4-3-6-23-19)14-24-20(21-2)27-11-9-26(10-12-27)15-18-5-13-29-25-18;/h3-8,13H,9-12,14-15H2,1-2H3,(H,21,24);1H. The largest absolute Gasteiger partial charge is 0.364 e. The molecule has 0 amide bonds. The van der Waals surface area contributed by atoms with E-state index in [9.17, 15) is 0 Å². The van der Waals surface area contributed by atoms with Gasteiger partial charge in [-0.15, -0.1) is 24.0 Å². The number of aryl methyl sites for hydroxylation is 1. The lowest BCUT2D eigenvalue weighted by Crippen LogP contribution is -2.52. The molecule has 0 atom stereocenters. The molecule has 160 valence electrons. The highest BCUT2D eigenvalue weighted by Gasteiger charge is 2.20. The van der Waals surface area contributed by atoms with Gasteiger partial charge < -0.3 is 14.7 Å². The number of guanidine groups is 1. The van der Waals surface area contributed by atoms with Gasteiger partial charge in [0.1, 0.15) is 17.9 Å². The third-order valence-corrected chi connectivity index (χ3v) is 5.12. The van der Waals surface area contributed by atoms with Crippen LogP contribution in [0.5, 0.6) is 0 Å². The van der Waals surface area contributed by atoms with Gasteiger partial charge in [-0.3, -0.25) is 14.5 Å². The molecule has 3 aromatic rings. The third kappa shape index (κ3) is 5.17. The van der Waals surface area contributed by atoms with Gasteiger partial charge in [0.25, 0.3) is 0 Å². The van der Waals surface area contributed by atoms with Gasteiger partial charge in [0.05, 0.1) is 5.69 Å². The van der Waals surface area contributed by atoms with E-state index in [1.807, 2.05) is 36.9 Å². The Balaban J connectivity index is 0.00000256. The van der Waals surface area contributed by atoms with Crippen molar-refractivity contribution in [2.75, 3.05) is 33.2 Å². The molecule has 9 nitrogen and oxygen atoms in total. The van der Waals surface area contributed by atoms with Gasteiger partial charge >= 0.3 is 0 Å². The molecule has 0 bridgehead atoms. The molecule has 1 N–H and O–H groups in total. The Kier molecular flexibility index (Phi) is 7.80. The van der Waals surface area contributed by atoms with Crippen LogP contribution in [0.4, 0.5) is 0 Å². The quantitative estimate of drug-likeness (QED) is 0.312. The summed E-state index contributed by atoms with van der Waals surface area (Å²) in [5, 5.41) is 7.49. The highest BCUT2D eigenvalue weighted by atomic mass is 127. The smallest absolute Gasteiger partial charge is 0.194 e. The minimum Gasteiger partial charge on any atom is -0.364 e. The zero-order valence-corrected chi connectivity index (χ0v) is 19.6. The van der Waals surface area contributed by atoms with Crippen molar-refractivity contribution in [1.82, 2.24) is 34.8 Å². The lowest BCUT2D eigenvalue weighted by molar-refractivity contribution is 0.169. The predicted octanol–water partition coefficient (Wildman–Crippen LogP) is 2.07. The molecule has 4 heterocycles. The highest BCUT2D eigenvalue weighted by Crippen LogP contribution is 2.14. The molecule has 10 heteroatoms. The van der Waals surface area contributed by atoms with Crippen LogP contribution in [0.1, 0.15) is 17.1 Å². The summed E-state index contributed by atoms with van der Waals surface area (Å²) in [5.41, 5.74) is 2.07. The number of aliphatic imine (C=N–C) groups is 1. The van der Waals surface area contributed by atoms with Crippen LogP contribution in [0.15, 0.2) is 52.6 Å². The molecule has 1 saturated heterocycles. The second kappa shape index (κ2) is 10.5. The zero-order valence-electron chi connectivity index (χ0n) is 17.2. The van der Waals surface area contributed by atoms with E-state index in [0.29, 0.717) is 6.54 Å². The molecule has 0 spiro atoms. The number of pyridine rings is 1. The Morgan fingerprint density at radius 1 is 1.17 bits per heavy atom. The van der Waals surface area contributed by atoms with E-state index in [2.05, 4.69) is 41.3 Å². The minimum absolute atomic E-state index is 0. The molecule has 0 aliphatic carbocycles. The number of hydrogen-bond acceptors (Lipinski definition) is 6. The maximum Gasteiger partial charge on any atom is 0.194 e. The number of rotatable bonds is 5. The molecule has 0 unspecified atom stereocenters. The number of halogens is 1. The van der Waals surface area contributed by atoms with E-state index < -0.39 is 0 Å².